The Bertz CT molecular complexity index is 434. The highest BCUT2D eigenvalue weighted by atomic mass is 32.2. The van der Waals surface area contributed by atoms with E-state index in [0.717, 1.165) is 4.90 Å². The Kier molecular flexibility index (Phi) is 4.65. The van der Waals surface area contributed by atoms with Crippen LogP contribution in [0.15, 0.2) is 0 Å². The maximum Gasteiger partial charge on any atom is 0.326 e. The molecule has 1 unspecified atom stereocenters. The zero-order chi connectivity index (χ0) is 13.9. The second kappa shape index (κ2) is 5.63. The number of likely N-dealkylation sites (tertiary alicyclic amines) is 1. The minimum Gasteiger partial charge on any atom is -0.480 e. The highest BCUT2D eigenvalue weighted by Gasteiger charge is 2.38. The molecule has 2 atom stereocenters. The molecule has 0 saturated carbocycles. The van der Waals surface area contributed by atoms with E-state index >= 15 is 0 Å². The van der Waals surface area contributed by atoms with Gasteiger partial charge in [0.25, 0.3) is 0 Å². The second-order valence-corrected chi connectivity index (χ2v) is 5.97. The van der Waals surface area contributed by atoms with Crippen LogP contribution in [0.5, 0.6) is 0 Å². The van der Waals surface area contributed by atoms with Crippen molar-refractivity contribution < 1.29 is 28.2 Å². The molecule has 1 fully saturated rings. The highest BCUT2D eigenvalue weighted by Crippen LogP contribution is 2.22. The van der Waals surface area contributed by atoms with Gasteiger partial charge in [-0.25, -0.2) is 18.4 Å². The van der Waals surface area contributed by atoms with Crippen LogP contribution < -0.4 is 5.14 Å². The predicted molar refractivity (Wildman–Crippen MR) is 60.9 cm³/mol. The van der Waals surface area contributed by atoms with Crippen LogP contribution in [0.3, 0.4) is 0 Å². The summed E-state index contributed by atoms with van der Waals surface area (Å²) >= 11 is 0. The Labute approximate surface area is 104 Å². The number of amides is 1. The summed E-state index contributed by atoms with van der Waals surface area (Å²) in [5, 5.41) is 22.6. The number of rotatable bonds is 6. The molecular formula is C9H16N2O6S. The van der Waals surface area contributed by atoms with E-state index in [-0.39, 0.29) is 31.7 Å². The van der Waals surface area contributed by atoms with Crippen molar-refractivity contribution in [2.75, 3.05) is 18.9 Å². The Morgan fingerprint density at radius 1 is 1.56 bits per heavy atom. The SMILES string of the molecule is NS(=O)(=O)CC1CC(=O)N([C@@H](CCO)C(=O)O)C1. The fourth-order valence-corrected chi connectivity index (χ4v) is 2.97. The first kappa shape index (κ1) is 14.9. The molecule has 4 N–H and O–H groups in total. The first-order chi connectivity index (χ1) is 8.24. The molecule has 1 amide bonds. The number of carboxylic acids is 1. The minimum atomic E-state index is -3.69. The van der Waals surface area contributed by atoms with E-state index in [2.05, 4.69) is 0 Å². The molecule has 18 heavy (non-hydrogen) atoms. The number of aliphatic carboxylic acids is 1. The molecule has 0 radical (unpaired) electrons. The number of aliphatic hydroxyl groups is 1. The summed E-state index contributed by atoms with van der Waals surface area (Å²) in [7, 11) is -3.69. The lowest BCUT2D eigenvalue weighted by molar-refractivity contribution is -0.148. The standard InChI is InChI=1S/C9H16N2O6S/c10-18(16,17)5-6-3-8(13)11(4-6)7(1-2-12)9(14)15/h6-7,12H,1-5H2,(H,14,15)(H2,10,16,17)/t6?,7-/m0/s1. The van der Waals surface area contributed by atoms with Gasteiger partial charge in [-0.2, -0.15) is 0 Å². The van der Waals surface area contributed by atoms with Gasteiger partial charge in [-0.1, -0.05) is 0 Å². The van der Waals surface area contributed by atoms with E-state index in [1.54, 1.807) is 0 Å². The molecular weight excluding hydrogens is 264 g/mol. The van der Waals surface area contributed by atoms with Gasteiger partial charge in [0.15, 0.2) is 0 Å². The van der Waals surface area contributed by atoms with Gasteiger partial charge in [0.05, 0.1) is 5.75 Å². The van der Waals surface area contributed by atoms with E-state index in [1.165, 1.54) is 0 Å². The molecule has 1 saturated heterocycles. The third-order valence-electron chi connectivity index (χ3n) is 2.77. The number of hydrogen-bond acceptors (Lipinski definition) is 5. The molecule has 0 aromatic rings. The van der Waals surface area contributed by atoms with Crippen LogP contribution in [0.25, 0.3) is 0 Å². The fourth-order valence-electron chi connectivity index (χ4n) is 2.08. The summed E-state index contributed by atoms with van der Waals surface area (Å²) in [6.07, 6.45) is -0.116. The number of sulfonamides is 1. The van der Waals surface area contributed by atoms with Crippen LogP contribution in [-0.4, -0.2) is 60.4 Å². The first-order valence-electron chi connectivity index (χ1n) is 5.38. The maximum absolute atomic E-state index is 11.6. The number of primary sulfonamides is 1. The summed E-state index contributed by atoms with van der Waals surface area (Å²) in [6.45, 7) is -0.327. The molecule has 104 valence electrons. The van der Waals surface area contributed by atoms with Gasteiger partial charge in [-0.15, -0.1) is 0 Å². The second-order valence-electron chi connectivity index (χ2n) is 4.31. The maximum atomic E-state index is 11.6. The first-order valence-corrected chi connectivity index (χ1v) is 7.09. The Balaban J connectivity index is 2.74. The van der Waals surface area contributed by atoms with Crippen LogP contribution in [0.1, 0.15) is 12.8 Å². The van der Waals surface area contributed by atoms with Crippen LogP contribution in [-0.2, 0) is 19.6 Å². The van der Waals surface area contributed by atoms with Crippen molar-refractivity contribution in [3.63, 3.8) is 0 Å². The van der Waals surface area contributed by atoms with E-state index < -0.39 is 33.9 Å². The van der Waals surface area contributed by atoms with Crippen LogP contribution >= 0.6 is 0 Å². The molecule has 0 aromatic heterocycles. The van der Waals surface area contributed by atoms with Crippen molar-refractivity contribution in [1.82, 2.24) is 4.90 Å². The van der Waals surface area contributed by atoms with Crippen molar-refractivity contribution in [2.45, 2.75) is 18.9 Å². The zero-order valence-corrected chi connectivity index (χ0v) is 10.5. The molecule has 1 aliphatic rings. The fraction of sp³-hybridized carbons (Fsp3) is 0.778. The molecule has 0 bridgehead atoms. The number of nitrogens with zero attached hydrogens (tertiary/aromatic N) is 1. The van der Waals surface area contributed by atoms with Crippen LogP contribution in [0.2, 0.25) is 0 Å². The molecule has 0 aliphatic carbocycles. The lowest BCUT2D eigenvalue weighted by Crippen LogP contribution is -2.43. The van der Waals surface area contributed by atoms with E-state index in [1.807, 2.05) is 0 Å². The van der Waals surface area contributed by atoms with Gasteiger partial charge in [-0.05, 0) is 0 Å². The smallest absolute Gasteiger partial charge is 0.326 e. The summed E-state index contributed by atoms with van der Waals surface area (Å²) in [4.78, 5) is 23.7. The molecule has 1 heterocycles. The van der Waals surface area contributed by atoms with Gasteiger partial charge in [0.1, 0.15) is 6.04 Å². The van der Waals surface area contributed by atoms with Crippen molar-refractivity contribution in [3.8, 4) is 0 Å². The number of nitrogens with two attached hydrogens (primary N) is 1. The monoisotopic (exact) mass is 280 g/mol. The van der Waals surface area contributed by atoms with Gasteiger partial charge in [0, 0.05) is 31.9 Å². The molecule has 9 heteroatoms. The van der Waals surface area contributed by atoms with Gasteiger partial charge >= 0.3 is 5.97 Å². The number of carboxylic acid groups (broad SMARTS) is 1. The molecule has 0 spiro atoms. The number of hydrogen-bond donors (Lipinski definition) is 3. The quantitative estimate of drug-likeness (QED) is 0.512. The molecule has 1 rings (SSSR count). The summed E-state index contributed by atoms with van der Waals surface area (Å²) < 4.78 is 21.8. The zero-order valence-electron chi connectivity index (χ0n) is 9.65. The van der Waals surface area contributed by atoms with E-state index in [0.29, 0.717) is 0 Å². The predicted octanol–water partition coefficient (Wildman–Crippen LogP) is -2.04. The number of aliphatic hydroxyl groups excluding tert-OH is 1. The largest absolute Gasteiger partial charge is 0.480 e. The highest BCUT2D eigenvalue weighted by molar-refractivity contribution is 7.89. The van der Waals surface area contributed by atoms with E-state index in [9.17, 15) is 18.0 Å². The Morgan fingerprint density at radius 2 is 2.17 bits per heavy atom. The van der Waals surface area contributed by atoms with Crippen molar-refractivity contribution in [2.24, 2.45) is 11.1 Å². The summed E-state index contributed by atoms with van der Waals surface area (Å²) in [6, 6.07) is -1.12. The number of carbonyl (C=O) groups is 2. The third-order valence-corrected chi connectivity index (χ3v) is 3.71. The van der Waals surface area contributed by atoms with Crippen molar-refractivity contribution in [1.29, 1.82) is 0 Å². The Hall–Kier alpha value is -1.19. The average Bonchev–Trinajstić information content (AvgIpc) is 2.52. The minimum absolute atomic E-state index is 0.0340. The third kappa shape index (κ3) is 3.93. The molecule has 8 nitrogen and oxygen atoms in total. The van der Waals surface area contributed by atoms with Crippen molar-refractivity contribution in [3.05, 3.63) is 0 Å². The van der Waals surface area contributed by atoms with Crippen LogP contribution in [0, 0.1) is 5.92 Å². The van der Waals surface area contributed by atoms with Crippen LogP contribution in [0.4, 0.5) is 0 Å². The van der Waals surface area contributed by atoms with Gasteiger partial charge < -0.3 is 15.1 Å². The number of carbonyl (C=O) groups excluding carboxylic acids is 1. The van der Waals surface area contributed by atoms with Gasteiger partial charge in [0.2, 0.25) is 15.9 Å². The summed E-state index contributed by atoms with van der Waals surface area (Å²) in [5.41, 5.74) is 0. The normalized spacial score (nSPS) is 22.2. The van der Waals surface area contributed by atoms with Crippen molar-refractivity contribution >= 4 is 21.9 Å². The molecule has 1 aliphatic heterocycles. The van der Waals surface area contributed by atoms with Gasteiger partial charge in [-0.3, -0.25) is 4.79 Å². The molecule has 0 aromatic carbocycles. The summed E-state index contributed by atoms with van der Waals surface area (Å²) in [5.74, 6) is -2.48. The Morgan fingerprint density at radius 3 is 2.61 bits per heavy atom. The lowest BCUT2D eigenvalue weighted by Gasteiger charge is -2.23. The average molecular weight is 280 g/mol. The topological polar surface area (TPSA) is 138 Å². The van der Waals surface area contributed by atoms with E-state index in [4.69, 9.17) is 15.4 Å². The lowest BCUT2D eigenvalue weighted by atomic mass is 10.1.